The molecule has 1 aliphatic rings. The third kappa shape index (κ3) is 3.66. The lowest BCUT2D eigenvalue weighted by Gasteiger charge is -2.26. The number of carbonyl (C=O) groups excluding carboxylic acids is 1. The van der Waals surface area contributed by atoms with E-state index in [0.29, 0.717) is 10.8 Å². The minimum atomic E-state index is -0.980. The molecule has 1 amide bonds. The largest absolute Gasteiger partial charge is 0.480 e. The first-order valence-electron chi connectivity index (χ1n) is 7.94. The number of hydrogen-bond donors (Lipinski definition) is 1. The Kier molecular flexibility index (Phi) is 5.56. The van der Waals surface area contributed by atoms with E-state index in [2.05, 4.69) is 4.98 Å². The van der Waals surface area contributed by atoms with Crippen LogP contribution in [0.25, 0.3) is 0 Å². The molecule has 22 heavy (non-hydrogen) atoms. The molecule has 5 nitrogen and oxygen atoms in total. The van der Waals surface area contributed by atoms with Gasteiger partial charge >= 0.3 is 5.97 Å². The van der Waals surface area contributed by atoms with E-state index in [-0.39, 0.29) is 18.5 Å². The maximum Gasteiger partial charge on any atom is 0.323 e. The zero-order valence-electron chi connectivity index (χ0n) is 13.5. The fourth-order valence-electron chi connectivity index (χ4n) is 2.89. The minimum Gasteiger partial charge on any atom is -0.480 e. The third-order valence-corrected chi connectivity index (χ3v) is 5.71. The number of hydrogen-bond acceptors (Lipinski definition) is 4. The van der Waals surface area contributed by atoms with Crippen LogP contribution in [0.2, 0.25) is 0 Å². The Hall–Kier alpha value is -1.43. The fraction of sp³-hybridized carbons (Fsp3) is 0.688. The van der Waals surface area contributed by atoms with E-state index < -0.39 is 5.97 Å². The Labute approximate surface area is 135 Å². The van der Waals surface area contributed by atoms with Crippen molar-refractivity contribution in [2.24, 2.45) is 0 Å². The van der Waals surface area contributed by atoms with Gasteiger partial charge < -0.3 is 10.0 Å². The summed E-state index contributed by atoms with van der Waals surface area (Å²) in [6.45, 7) is 5.42. The van der Waals surface area contributed by atoms with Crippen LogP contribution in [0.5, 0.6) is 0 Å². The maximum atomic E-state index is 12.8. The van der Waals surface area contributed by atoms with E-state index in [1.807, 2.05) is 20.8 Å². The number of amides is 1. The molecule has 1 fully saturated rings. The highest BCUT2D eigenvalue weighted by Crippen LogP contribution is 2.37. The zero-order valence-corrected chi connectivity index (χ0v) is 14.3. The summed E-state index contributed by atoms with van der Waals surface area (Å²) in [6, 6.07) is -0.0972. The van der Waals surface area contributed by atoms with E-state index in [1.165, 1.54) is 29.1 Å². The predicted octanol–water partition coefficient (Wildman–Crippen LogP) is 3.43. The summed E-state index contributed by atoms with van der Waals surface area (Å²) in [6.07, 6.45) is 5.47. The quantitative estimate of drug-likeness (QED) is 0.870. The molecule has 1 unspecified atom stereocenters. The molecule has 1 atom stereocenters. The number of aromatic nitrogens is 1. The molecule has 1 saturated carbocycles. The van der Waals surface area contributed by atoms with E-state index in [4.69, 9.17) is 5.11 Å². The molecule has 1 aromatic rings. The van der Waals surface area contributed by atoms with E-state index >= 15 is 0 Å². The van der Waals surface area contributed by atoms with Crippen molar-refractivity contribution in [1.82, 2.24) is 9.88 Å². The molecule has 1 heterocycles. The first-order valence-corrected chi connectivity index (χ1v) is 8.75. The van der Waals surface area contributed by atoms with Crippen LogP contribution in [0.3, 0.4) is 0 Å². The summed E-state index contributed by atoms with van der Waals surface area (Å²) in [5.41, 5.74) is 0.732. The molecule has 2 rings (SSSR count). The molecule has 0 spiro atoms. The summed E-state index contributed by atoms with van der Waals surface area (Å²) in [5, 5.41) is 10.1. The van der Waals surface area contributed by atoms with Crippen molar-refractivity contribution in [3.05, 3.63) is 15.6 Å². The number of aliphatic carboxylic acids is 1. The second-order valence-electron chi connectivity index (χ2n) is 6.03. The molecule has 1 aliphatic carbocycles. The van der Waals surface area contributed by atoms with E-state index in [1.54, 1.807) is 0 Å². The van der Waals surface area contributed by atoms with Gasteiger partial charge in [0.05, 0.1) is 10.7 Å². The second kappa shape index (κ2) is 7.22. The summed E-state index contributed by atoms with van der Waals surface area (Å²) in [7, 11) is 0. The van der Waals surface area contributed by atoms with E-state index in [9.17, 15) is 9.59 Å². The van der Waals surface area contributed by atoms with Gasteiger partial charge in [-0.25, -0.2) is 4.98 Å². The van der Waals surface area contributed by atoms with Crippen LogP contribution >= 0.6 is 11.3 Å². The van der Waals surface area contributed by atoms with Crippen molar-refractivity contribution >= 4 is 23.2 Å². The number of rotatable bonds is 6. The number of carbonyl (C=O) groups is 2. The standard InChI is InChI=1S/C16H24N2O3S/c1-4-10(2)18(9-13(19)20)16(21)14-11(3)17-15(22-14)12-7-5-6-8-12/h10,12H,4-9H2,1-3H3,(H,19,20). The van der Waals surface area contributed by atoms with Crippen molar-refractivity contribution in [1.29, 1.82) is 0 Å². The minimum absolute atomic E-state index is 0.0972. The van der Waals surface area contributed by atoms with Crippen LogP contribution < -0.4 is 0 Å². The van der Waals surface area contributed by atoms with E-state index in [0.717, 1.165) is 30.0 Å². The average molecular weight is 324 g/mol. The van der Waals surface area contributed by atoms with Crippen molar-refractivity contribution in [2.45, 2.75) is 64.8 Å². The van der Waals surface area contributed by atoms with Gasteiger partial charge in [-0.2, -0.15) is 0 Å². The number of aryl methyl sites for hydroxylation is 1. The summed E-state index contributed by atoms with van der Waals surface area (Å²) < 4.78 is 0. The fourth-order valence-corrected chi connectivity index (χ4v) is 4.08. The van der Waals surface area contributed by atoms with Crippen molar-refractivity contribution < 1.29 is 14.7 Å². The lowest BCUT2D eigenvalue weighted by atomic mass is 10.1. The van der Waals surface area contributed by atoms with Crippen LogP contribution in [0.15, 0.2) is 0 Å². The first-order chi connectivity index (χ1) is 10.4. The lowest BCUT2D eigenvalue weighted by molar-refractivity contribution is -0.138. The Balaban J connectivity index is 2.24. The Bertz CT molecular complexity index is 550. The normalized spacial score (nSPS) is 16.7. The molecule has 0 aliphatic heterocycles. The third-order valence-electron chi connectivity index (χ3n) is 4.40. The highest BCUT2D eigenvalue weighted by atomic mass is 32.1. The molecule has 0 bridgehead atoms. The maximum absolute atomic E-state index is 12.8. The number of carboxylic acid groups (broad SMARTS) is 1. The zero-order chi connectivity index (χ0) is 16.3. The van der Waals surface area contributed by atoms with Gasteiger partial charge in [0.25, 0.3) is 5.91 Å². The van der Waals surface area contributed by atoms with Gasteiger partial charge in [-0.3, -0.25) is 9.59 Å². The SMILES string of the molecule is CCC(C)N(CC(=O)O)C(=O)c1sc(C2CCCC2)nc1C. The van der Waals surface area contributed by atoms with Gasteiger partial charge in [0, 0.05) is 12.0 Å². The number of thiazole rings is 1. The van der Waals surface area contributed by atoms with Crippen LogP contribution in [0.4, 0.5) is 0 Å². The average Bonchev–Trinajstić information content (AvgIpc) is 3.12. The molecule has 1 aromatic heterocycles. The van der Waals surface area contributed by atoms with Crippen molar-refractivity contribution in [2.75, 3.05) is 6.54 Å². The topological polar surface area (TPSA) is 70.5 Å². The van der Waals surface area contributed by atoms with Gasteiger partial charge in [0.2, 0.25) is 0 Å². The smallest absolute Gasteiger partial charge is 0.323 e. The van der Waals surface area contributed by atoms with Crippen molar-refractivity contribution in [3.8, 4) is 0 Å². The van der Waals surface area contributed by atoms with Gasteiger partial charge in [-0.05, 0) is 33.1 Å². The molecule has 0 radical (unpaired) electrons. The van der Waals surface area contributed by atoms with Crippen LogP contribution in [-0.4, -0.2) is 39.5 Å². The Morgan fingerprint density at radius 3 is 2.59 bits per heavy atom. The molecular formula is C16H24N2O3S. The summed E-state index contributed by atoms with van der Waals surface area (Å²) >= 11 is 1.45. The van der Waals surface area contributed by atoms with Crippen LogP contribution in [0.1, 0.15) is 72.2 Å². The van der Waals surface area contributed by atoms with Gasteiger partial charge in [0.1, 0.15) is 11.4 Å². The second-order valence-corrected chi connectivity index (χ2v) is 7.06. The predicted molar refractivity (Wildman–Crippen MR) is 86.5 cm³/mol. The summed E-state index contributed by atoms with van der Waals surface area (Å²) in [5.74, 6) is -0.704. The molecule has 122 valence electrons. The molecule has 0 aromatic carbocycles. The Morgan fingerprint density at radius 2 is 2.05 bits per heavy atom. The lowest BCUT2D eigenvalue weighted by Crippen LogP contribution is -2.41. The highest BCUT2D eigenvalue weighted by Gasteiger charge is 2.28. The summed E-state index contributed by atoms with van der Waals surface area (Å²) in [4.78, 5) is 30.5. The highest BCUT2D eigenvalue weighted by molar-refractivity contribution is 7.13. The first kappa shape index (κ1) is 16.9. The molecule has 0 saturated heterocycles. The van der Waals surface area contributed by atoms with Gasteiger partial charge in [-0.1, -0.05) is 19.8 Å². The number of nitrogens with zero attached hydrogens (tertiary/aromatic N) is 2. The molecule has 6 heteroatoms. The monoisotopic (exact) mass is 324 g/mol. The van der Waals surface area contributed by atoms with Gasteiger partial charge in [-0.15, -0.1) is 11.3 Å². The van der Waals surface area contributed by atoms with Crippen molar-refractivity contribution in [3.63, 3.8) is 0 Å². The number of carboxylic acids is 1. The van der Waals surface area contributed by atoms with Crippen LogP contribution in [-0.2, 0) is 4.79 Å². The molecule has 1 N–H and O–H groups in total. The molecular weight excluding hydrogens is 300 g/mol. The Morgan fingerprint density at radius 1 is 1.41 bits per heavy atom. The van der Waals surface area contributed by atoms with Gasteiger partial charge in [0.15, 0.2) is 0 Å². The van der Waals surface area contributed by atoms with Crippen LogP contribution in [0, 0.1) is 6.92 Å².